The lowest BCUT2D eigenvalue weighted by atomic mass is 10.1. The van der Waals surface area contributed by atoms with E-state index < -0.39 is 10.0 Å². The Morgan fingerprint density at radius 2 is 1.74 bits per heavy atom. The third kappa shape index (κ3) is 3.51. The Morgan fingerprint density at radius 3 is 2.37 bits per heavy atom. The molecule has 1 amide bonds. The number of hydrogen-bond acceptors (Lipinski definition) is 3. The molecule has 1 atom stereocenters. The number of carbonyl (C=O) groups is 1. The van der Waals surface area contributed by atoms with Crippen LogP contribution in [0.15, 0.2) is 41.3 Å². The first-order chi connectivity index (χ1) is 12.6. The molecule has 0 spiro atoms. The molecule has 0 aliphatic carbocycles. The number of benzene rings is 2. The summed E-state index contributed by atoms with van der Waals surface area (Å²) in [6.07, 6.45) is 0.786. The van der Waals surface area contributed by atoms with Gasteiger partial charge in [0, 0.05) is 18.8 Å². The first-order valence-electron chi connectivity index (χ1n) is 9.07. The monoisotopic (exact) mass is 386 g/mol. The van der Waals surface area contributed by atoms with E-state index in [1.54, 1.807) is 18.7 Å². The Bertz CT molecular complexity index is 975. The second-order valence-corrected chi connectivity index (χ2v) is 9.42. The Kier molecular flexibility index (Phi) is 5.14. The zero-order valence-corrected chi connectivity index (χ0v) is 17.3. The van der Waals surface area contributed by atoms with E-state index in [4.69, 9.17) is 0 Å². The summed E-state index contributed by atoms with van der Waals surface area (Å²) in [6, 6.07) is 11.5. The van der Waals surface area contributed by atoms with Gasteiger partial charge in [-0.25, -0.2) is 8.42 Å². The number of rotatable bonds is 4. The van der Waals surface area contributed by atoms with Crippen LogP contribution in [0, 0.1) is 20.8 Å². The first-order valence-corrected chi connectivity index (χ1v) is 10.5. The third-order valence-electron chi connectivity index (χ3n) is 5.11. The van der Waals surface area contributed by atoms with E-state index in [9.17, 15) is 13.2 Å². The second kappa shape index (κ2) is 7.09. The molecule has 0 saturated carbocycles. The number of para-hydroxylation sites is 1. The van der Waals surface area contributed by atoms with Crippen LogP contribution in [0.3, 0.4) is 0 Å². The Balaban J connectivity index is 1.87. The second-order valence-electron chi connectivity index (χ2n) is 7.43. The maximum atomic E-state index is 13.1. The van der Waals surface area contributed by atoms with Crippen LogP contribution in [-0.2, 0) is 21.2 Å². The molecule has 5 nitrogen and oxygen atoms in total. The van der Waals surface area contributed by atoms with E-state index in [2.05, 4.69) is 0 Å². The molecule has 0 aromatic heterocycles. The van der Waals surface area contributed by atoms with Gasteiger partial charge in [-0.1, -0.05) is 35.9 Å². The van der Waals surface area contributed by atoms with E-state index in [0.717, 1.165) is 27.5 Å². The summed E-state index contributed by atoms with van der Waals surface area (Å²) >= 11 is 0. The van der Waals surface area contributed by atoms with Gasteiger partial charge in [-0.2, -0.15) is 4.31 Å². The van der Waals surface area contributed by atoms with Crippen molar-refractivity contribution in [3.8, 4) is 0 Å². The molecule has 0 radical (unpaired) electrons. The molecule has 2 aromatic rings. The zero-order chi connectivity index (χ0) is 19.9. The van der Waals surface area contributed by atoms with Crippen LogP contribution in [0.2, 0.25) is 0 Å². The van der Waals surface area contributed by atoms with Crippen LogP contribution in [-0.4, -0.2) is 38.3 Å². The average Bonchev–Trinajstić information content (AvgIpc) is 2.89. The van der Waals surface area contributed by atoms with Crippen molar-refractivity contribution in [3.05, 3.63) is 58.7 Å². The van der Waals surface area contributed by atoms with Gasteiger partial charge in [0.15, 0.2) is 0 Å². The molecule has 0 saturated heterocycles. The maximum absolute atomic E-state index is 13.1. The highest BCUT2D eigenvalue weighted by atomic mass is 32.2. The average molecular weight is 387 g/mol. The van der Waals surface area contributed by atoms with E-state index in [1.807, 2.05) is 50.2 Å². The number of likely N-dealkylation sites (N-methyl/N-ethyl adjacent to an activating group) is 1. The number of aryl methyl sites for hydroxylation is 3. The Hall–Kier alpha value is -2.18. The lowest BCUT2D eigenvalue weighted by Gasteiger charge is -2.26. The highest BCUT2D eigenvalue weighted by Gasteiger charge is 2.33. The zero-order valence-electron chi connectivity index (χ0n) is 16.5. The van der Waals surface area contributed by atoms with Gasteiger partial charge in [0.05, 0.1) is 11.4 Å². The summed E-state index contributed by atoms with van der Waals surface area (Å²) < 4.78 is 27.4. The predicted molar refractivity (Wildman–Crippen MR) is 108 cm³/mol. The van der Waals surface area contributed by atoms with Gasteiger partial charge in [0.2, 0.25) is 15.9 Å². The summed E-state index contributed by atoms with van der Waals surface area (Å²) in [6.45, 7) is 7.33. The number of amides is 1. The molecule has 1 heterocycles. The smallest absolute Gasteiger partial charge is 0.243 e. The summed E-state index contributed by atoms with van der Waals surface area (Å²) in [5.41, 5.74) is 4.42. The largest absolute Gasteiger partial charge is 0.308 e. The molecule has 2 aromatic carbocycles. The predicted octanol–water partition coefficient (Wildman–Crippen LogP) is 3.21. The summed E-state index contributed by atoms with van der Waals surface area (Å²) in [4.78, 5) is 15.0. The highest BCUT2D eigenvalue weighted by Crippen LogP contribution is 2.32. The van der Waals surface area contributed by atoms with Crippen molar-refractivity contribution in [2.24, 2.45) is 0 Å². The van der Waals surface area contributed by atoms with Crippen LogP contribution in [0.4, 0.5) is 5.69 Å². The fourth-order valence-electron chi connectivity index (χ4n) is 4.03. The van der Waals surface area contributed by atoms with Crippen molar-refractivity contribution >= 4 is 21.6 Å². The quantitative estimate of drug-likeness (QED) is 0.811. The number of carbonyl (C=O) groups excluding carboxylic acids is 1. The van der Waals surface area contributed by atoms with Crippen LogP contribution in [0.1, 0.15) is 29.2 Å². The van der Waals surface area contributed by atoms with Gasteiger partial charge in [-0.3, -0.25) is 4.79 Å². The molecule has 1 unspecified atom stereocenters. The third-order valence-corrected chi connectivity index (χ3v) is 7.22. The van der Waals surface area contributed by atoms with Gasteiger partial charge < -0.3 is 4.90 Å². The minimum Gasteiger partial charge on any atom is -0.308 e. The number of sulfonamides is 1. The van der Waals surface area contributed by atoms with E-state index in [-0.39, 0.29) is 18.5 Å². The van der Waals surface area contributed by atoms with Crippen molar-refractivity contribution in [2.75, 3.05) is 18.5 Å². The van der Waals surface area contributed by atoms with Crippen LogP contribution in [0.5, 0.6) is 0 Å². The van der Waals surface area contributed by atoms with Gasteiger partial charge in [-0.15, -0.1) is 0 Å². The SMILES string of the molecule is Cc1cc(C)c(S(=O)(=O)N(C)CC(=O)N2c3ccccc3CC2C)c(C)c1. The number of hydrogen-bond donors (Lipinski definition) is 0. The van der Waals surface area contributed by atoms with Gasteiger partial charge in [-0.05, 0) is 56.9 Å². The Labute approximate surface area is 161 Å². The molecular weight excluding hydrogens is 360 g/mol. The normalized spacial score (nSPS) is 16.7. The molecule has 0 N–H and O–H groups in total. The van der Waals surface area contributed by atoms with Gasteiger partial charge in [0.25, 0.3) is 0 Å². The molecule has 27 heavy (non-hydrogen) atoms. The van der Waals surface area contributed by atoms with Crippen LogP contribution >= 0.6 is 0 Å². The fourth-order valence-corrected chi connectivity index (χ4v) is 5.55. The number of anilines is 1. The van der Waals surface area contributed by atoms with Crippen LogP contribution in [0.25, 0.3) is 0 Å². The summed E-state index contributed by atoms with van der Waals surface area (Å²) in [5.74, 6) is -0.207. The van der Waals surface area contributed by atoms with Crippen molar-refractivity contribution in [3.63, 3.8) is 0 Å². The number of nitrogens with zero attached hydrogens (tertiary/aromatic N) is 2. The maximum Gasteiger partial charge on any atom is 0.243 e. The highest BCUT2D eigenvalue weighted by molar-refractivity contribution is 7.89. The summed E-state index contributed by atoms with van der Waals surface area (Å²) in [7, 11) is -2.28. The van der Waals surface area contributed by atoms with Gasteiger partial charge >= 0.3 is 0 Å². The molecule has 0 bridgehead atoms. The lowest BCUT2D eigenvalue weighted by Crippen LogP contribution is -2.43. The topological polar surface area (TPSA) is 57.7 Å². The van der Waals surface area contributed by atoms with Gasteiger partial charge in [0.1, 0.15) is 0 Å². The molecule has 3 rings (SSSR count). The summed E-state index contributed by atoms with van der Waals surface area (Å²) in [5, 5.41) is 0. The molecule has 1 aliphatic heterocycles. The Morgan fingerprint density at radius 1 is 1.15 bits per heavy atom. The first kappa shape index (κ1) is 19.6. The molecule has 0 fully saturated rings. The standard InChI is InChI=1S/C21H26N2O3S/c1-14-10-15(2)21(16(3)11-14)27(25,26)22(5)13-20(24)23-17(4)12-18-8-6-7-9-19(18)23/h6-11,17H,12-13H2,1-5H3. The van der Waals surface area contributed by atoms with E-state index in [0.29, 0.717) is 16.0 Å². The molecule has 144 valence electrons. The van der Waals surface area contributed by atoms with E-state index >= 15 is 0 Å². The van der Waals surface area contributed by atoms with Crippen molar-refractivity contribution < 1.29 is 13.2 Å². The van der Waals surface area contributed by atoms with Crippen LogP contribution < -0.4 is 4.90 Å². The fraction of sp³-hybridized carbons (Fsp3) is 0.381. The molecular formula is C21H26N2O3S. The van der Waals surface area contributed by atoms with Crippen molar-refractivity contribution in [2.45, 2.75) is 45.1 Å². The lowest BCUT2D eigenvalue weighted by molar-refractivity contribution is -0.118. The minimum atomic E-state index is -3.75. The minimum absolute atomic E-state index is 0.0221. The number of fused-ring (bicyclic) bond motifs is 1. The van der Waals surface area contributed by atoms with Crippen molar-refractivity contribution in [1.29, 1.82) is 0 Å². The molecule has 1 aliphatic rings. The van der Waals surface area contributed by atoms with E-state index in [1.165, 1.54) is 7.05 Å². The molecule has 6 heteroatoms. The van der Waals surface area contributed by atoms with Crippen molar-refractivity contribution in [1.82, 2.24) is 4.31 Å².